The van der Waals surface area contributed by atoms with Crippen LogP contribution in [0.2, 0.25) is 0 Å². The first kappa shape index (κ1) is 26.9. The molecule has 3 aromatic carbocycles. The Labute approximate surface area is 248 Å². The Morgan fingerprint density at radius 3 is 2.37 bits per heavy atom. The molecule has 8 rings (SSSR count). The summed E-state index contributed by atoms with van der Waals surface area (Å²) in [5, 5.41) is -0.676. The summed E-state index contributed by atoms with van der Waals surface area (Å²) < 4.78 is 30.5. The zero-order chi connectivity index (χ0) is 28.6. The van der Waals surface area contributed by atoms with E-state index in [4.69, 9.17) is 0 Å². The highest BCUT2D eigenvalue weighted by Gasteiger charge is 2.77. The summed E-state index contributed by atoms with van der Waals surface area (Å²) >= 11 is 0. The zero-order valence-electron chi connectivity index (χ0n) is 22.9. The maximum absolute atomic E-state index is 14.6. The average molecular weight is 606 g/mol. The van der Waals surface area contributed by atoms with E-state index in [1.165, 1.54) is 25.9 Å². The Balaban J connectivity index is 1.48. The number of aryl methyl sites for hydroxylation is 1. The van der Waals surface area contributed by atoms with Crippen LogP contribution in [-0.4, -0.2) is 53.0 Å². The molecule has 10 heteroatoms. The van der Waals surface area contributed by atoms with Crippen molar-refractivity contribution in [3.8, 4) is 0 Å². The molecular weight excluding hydrogens is 575 g/mol. The van der Waals surface area contributed by atoms with Crippen molar-refractivity contribution >= 4 is 49.1 Å². The van der Waals surface area contributed by atoms with Crippen LogP contribution in [0.1, 0.15) is 49.3 Å². The van der Waals surface area contributed by atoms with Crippen LogP contribution in [0.15, 0.2) is 83.8 Å². The van der Waals surface area contributed by atoms with Crippen molar-refractivity contribution in [3.05, 3.63) is 95.6 Å². The van der Waals surface area contributed by atoms with Crippen LogP contribution in [0, 0.1) is 6.92 Å². The van der Waals surface area contributed by atoms with E-state index in [1.54, 1.807) is 40.1 Å². The number of hydrogen-bond donors (Lipinski definition) is 0. The van der Waals surface area contributed by atoms with Crippen molar-refractivity contribution in [3.63, 3.8) is 0 Å². The summed E-state index contributed by atoms with van der Waals surface area (Å²) in [6.07, 6.45) is 2.20. The topological polar surface area (TPSA) is 78.0 Å². The van der Waals surface area contributed by atoms with Crippen molar-refractivity contribution in [2.24, 2.45) is 0 Å². The van der Waals surface area contributed by atoms with E-state index in [2.05, 4.69) is 6.92 Å². The van der Waals surface area contributed by atoms with Crippen LogP contribution >= 0.6 is 21.6 Å². The number of carbonyl (C=O) groups excluding carboxylic acids is 2. The Morgan fingerprint density at radius 2 is 1.63 bits per heavy atom. The van der Waals surface area contributed by atoms with E-state index in [9.17, 15) is 18.0 Å². The van der Waals surface area contributed by atoms with Crippen LogP contribution in [0.3, 0.4) is 0 Å². The monoisotopic (exact) mass is 605 g/mol. The van der Waals surface area contributed by atoms with E-state index in [0.717, 1.165) is 36.0 Å². The number of sulfonamides is 1. The van der Waals surface area contributed by atoms with Gasteiger partial charge in [0.2, 0.25) is 0 Å². The third-order valence-corrected chi connectivity index (χ3v) is 13.9. The molecule has 0 N–H and O–H groups in total. The van der Waals surface area contributed by atoms with E-state index < -0.39 is 31.8 Å². The lowest BCUT2D eigenvalue weighted by molar-refractivity contribution is -0.159. The number of para-hydroxylation sites is 1. The number of anilines is 1. The lowest BCUT2D eigenvalue weighted by Crippen LogP contribution is -2.72. The van der Waals surface area contributed by atoms with E-state index >= 15 is 0 Å². The van der Waals surface area contributed by atoms with Crippen LogP contribution in [0.25, 0.3) is 0 Å². The molecule has 3 aromatic rings. The molecule has 0 saturated carbocycles. The summed E-state index contributed by atoms with van der Waals surface area (Å²) in [5.74, 6) is -0.276. The first-order valence-electron chi connectivity index (χ1n) is 14.0. The van der Waals surface area contributed by atoms with Crippen molar-refractivity contribution in [2.75, 3.05) is 10.8 Å². The molecule has 4 fully saturated rings. The molecule has 0 radical (unpaired) electrons. The Bertz CT molecular complexity index is 1650. The summed E-state index contributed by atoms with van der Waals surface area (Å²) in [4.78, 5) is 31.3. The number of nitrogens with zero attached hydrogens (tertiary/aromatic N) is 3. The molecule has 41 heavy (non-hydrogen) atoms. The van der Waals surface area contributed by atoms with Gasteiger partial charge in [0.05, 0.1) is 16.0 Å². The molecule has 5 heterocycles. The SMILES string of the molecule is CCCCCN1C(=O)[C@@]23C[C@]4(c5ccc(C)cc5)c5ccccc5N(S(=O)(=O)c5ccccc5)[C@@H]4N2C(=O)[C@@H]1SS3. The first-order chi connectivity index (χ1) is 19.8. The largest absolute Gasteiger partial charge is 0.318 e. The minimum absolute atomic E-state index is 0.0858. The standard InChI is InChI=1S/C31H31N3O4S3/c1-3-4-10-19-32-27-26(35)33-28-30(22-17-15-21(2)16-18-22,20-31(33,29(32)36)40-39-27)24-13-8-9-14-25(24)34(28)41(37,38)23-11-6-5-7-12-23/h5-9,11-18,27-28H,3-4,10,19-20H2,1-2H3/t27-,28-,30-,31-/m0/s1. The molecule has 0 aromatic heterocycles. The van der Waals surface area contributed by atoms with Gasteiger partial charge in [0, 0.05) is 13.0 Å². The third-order valence-electron chi connectivity index (χ3n) is 8.91. The number of carbonyl (C=O) groups is 2. The highest BCUT2D eigenvalue weighted by Crippen LogP contribution is 2.69. The van der Waals surface area contributed by atoms with Crippen molar-refractivity contribution < 1.29 is 18.0 Å². The molecule has 4 atom stereocenters. The lowest BCUT2D eigenvalue weighted by Gasteiger charge is -2.54. The number of rotatable bonds is 7. The van der Waals surface area contributed by atoms with Crippen LogP contribution in [0.5, 0.6) is 0 Å². The Morgan fingerprint density at radius 1 is 0.927 bits per heavy atom. The molecule has 4 saturated heterocycles. The zero-order valence-corrected chi connectivity index (χ0v) is 25.3. The molecule has 2 amide bonds. The van der Waals surface area contributed by atoms with Crippen LogP contribution in [0.4, 0.5) is 5.69 Å². The van der Waals surface area contributed by atoms with E-state index in [0.29, 0.717) is 18.7 Å². The normalized spacial score (nSPS) is 28.2. The van der Waals surface area contributed by atoms with Gasteiger partial charge in [-0.2, -0.15) is 0 Å². The highest BCUT2D eigenvalue weighted by atomic mass is 33.1. The highest BCUT2D eigenvalue weighted by molar-refractivity contribution is 8.78. The maximum Gasteiger partial charge on any atom is 0.266 e. The number of amides is 2. The van der Waals surface area contributed by atoms with Gasteiger partial charge in [-0.3, -0.25) is 14.5 Å². The lowest BCUT2D eigenvalue weighted by atomic mass is 9.72. The number of unbranched alkanes of at least 4 members (excludes halogenated alkanes) is 2. The van der Waals surface area contributed by atoms with Gasteiger partial charge in [-0.05, 0) is 42.7 Å². The van der Waals surface area contributed by atoms with Crippen molar-refractivity contribution in [1.82, 2.24) is 9.80 Å². The fourth-order valence-electron chi connectivity index (χ4n) is 7.05. The van der Waals surface area contributed by atoms with Gasteiger partial charge in [0.1, 0.15) is 6.17 Å². The molecule has 5 aliphatic heterocycles. The molecule has 1 spiro atoms. The van der Waals surface area contributed by atoms with E-state index in [-0.39, 0.29) is 16.7 Å². The van der Waals surface area contributed by atoms with Crippen LogP contribution < -0.4 is 4.31 Å². The second kappa shape index (κ2) is 9.54. The van der Waals surface area contributed by atoms with Gasteiger partial charge >= 0.3 is 0 Å². The van der Waals surface area contributed by atoms with Gasteiger partial charge in [0.15, 0.2) is 10.2 Å². The quantitative estimate of drug-likeness (QED) is 0.262. The second-order valence-corrected chi connectivity index (χ2v) is 15.6. The Hall–Kier alpha value is -2.95. The predicted octanol–water partition coefficient (Wildman–Crippen LogP) is 5.50. The molecule has 0 unspecified atom stereocenters. The van der Waals surface area contributed by atoms with E-state index in [1.807, 2.05) is 55.5 Å². The number of fused-ring (bicyclic) bond motifs is 5. The average Bonchev–Trinajstić information content (AvgIpc) is 3.45. The summed E-state index contributed by atoms with van der Waals surface area (Å²) in [7, 11) is -1.23. The molecule has 212 valence electrons. The summed E-state index contributed by atoms with van der Waals surface area (Å²) in [6, 6.07) is 24.0. The number of benzene rings is 3. The van der Waals surface area contributed by atoms with Gasteiger partial charge in [-0.15, -0.1) is 0 Å². The van der Waals surface area contributed by atoms with Crippen LogP contribution in [-0.2, 0) is 25.0 Å². The van der Waals surface area contributed by atoms with Gasteiger partial charge in [0.25, 0.3) is 21.8 Å². The molecule has 2 bridgehead atoms. The Kier molecular flexibility index (Phi) is 6.26. The molecular formula is C31H31N3O4S3. The van der Waals surface area contributed by atoms with Crippen molar-refractivity contribution in [1.29, 1.82) is 0 Å². The molecule has 0 aliphatic carbocycles. The van der Waals surface area contributed by atoms with Gasteiger partial charge in [-0.25, -0.2) is 12.7 Å². The third kappa shape index (κ3) is 3.56. The fraction of sp³-hybridized carbons (Fsp3) is 0.355. The number of hydrogen-bond acceptors (Lipinski definition) is 6. The maximum atomic E-state index is 14.6. The summed E-state index contributed by atoms with van der Waals surface area (Å²) in [6.45, 7) is 4.65. The molecule has 7 nitrogen and oxygen atoms in total. The summed E-state index contributed by atoms with van der Waals surface area (Å²) in [5.41, 5.74) is 2.43. The minimum atomic E-state index is -4.10. The smallest absolute Gasteiger partial charge is 0.266 e. The second-order valence-electron chi connectivity index (χ2n) is 11.2. The fourth-order valence-corrected chi connectivity index (χ4v) is 12.2. The van der Waals surface area contributed by atoms with Gasteiger partial charge in [-0.1, -0.05) is 108 Å². The molecule has 5 aliphatic rings. The predicted molar refractivity (Wildman–Crippen MR) is 163 cm³/mol. The number of piperazine rings is 1. The van der Waals surface area contributed by atoms with Gasteiger partial charge < -0.3 is 4.90 Å². The van der Waals surface area contributed by atoms with Crippen molar-refractivity contribution in [2.45, 2.75) is 66.3 Å². The minimum Gasteiger partial charge on any atom is -0.318 e. The first-order valence-corrected chi connectivity index (χ1v) is 17.7.